The highest BCUT2D eigenvalue weighted by atomic mass is 32.2. The monoisotopic (exact) mass is 453 g/mol. The maximum Gasteiger partial charge on any atom is 0.241 e. The number of pyridine rings is 1. The Morgan fingerprint density at radius 3 is 2.62 bits per heavy atom. The van der Waals surface area contributed by atoms with E-state index in [1.165, 1.54) is 5.56 Å². The number of likely N-dealkylation sites (tertiary alicyclic amines) is 1. The number of fused-ring (bicyclic) bond motifs is 1. The summed E-state index contributed by atoms with van der Waals surface area (Å²) in [5.74, 6) is 0.922. The average Bonchev–Trinajstić information content (AvgIpc) is 2.80. The number of sulfonamides is 1. The van der Waals surface area contributed by atoms with Crippen LogP contribution in [0.4, 0.5) is 0 Å². The van der Waals surface area contributed by atoms with Crippen molar-refractivity contribution in [2.45, 2.75) is 43.5 Å². The van der Waals surface area contributed by atoms with Gasteiger partial charge in [0.1, 0.15) is 5.75 Å². The molecule has 0 aliphatic carbocycles. The Labute approximate surface area is 190 Å². The average molecular weight is 454 g/mol. The Hall–Kier alpha value is -2.48. The Morgan fingerprint density at radius 1 is 1.06 bits per heavy atom. The molecule has 0 amide bonds. The molecule has 1 N–H and O–H groups in total. The molecule has 1 aliphatic heterocycles. The van der Waals surface area contributed by atoms with Crippen LogP contribution in [0.3, 0.4) is 0 Å². The van der Waals surface area contributed by atoms with Gasteiger partial charge in [-0.2, -0.15) is 0 Å². The molecule has 4 rings (SSSR count). The molecule has 32 heavy (non-hydrogen) atoms. The first kappa shape index (κ1) is 22.7. The summed E-state index contributed by atoms with van der Waals surface area (Å²) in [6.07, 6.45) is 7.06. The normalized spacial score (nSPS) is 15.8. The van der Waals surface area contributed by atoms with Gasteiger partial charge in [0.05, 0.1) is 11.5 Å². The fraction of sp³-hybridized carbons (Fsp3) is 0.400. The van der Waals surface area contributed by atoms with Crippen LogP contribution in [0, 0.1) is 6.92 Å². The number of rotatable bonds is 9. The zero-order valence-electron chi connectivity index (χ0n) is 18.5. The number of unbranched alkanes of at least 4 members (excludes halogenated alkanes) is 1. The van der Waals surface area contributed by atoms with Crippen LogP contribution in [0.25, 0.3) is 10.8 Å². The van der Waals surface area contributed by atoms with Gasteiger partial charge in [0, 0.05) is 29.2 Å². The molecule has 0 atom stereocenters. The van der Waals surface area contributed by atoms with Crippen LogP contribution < -0.4 is 9.46 Å². The lowest BCUT2D eigenvalue weighted by molar-refractivity contribution is 0.198. The maximum absolute atomic E-state index is 13.0. The van der Waals surface area contributed by atoms with Crippen molar-refractivity contribution in [3.63, 3.8) is 0 Å². The van der Waals surface area contributed by atoms with Crippen molar-refractivity contribution < 1.29 is 13.2 Å². The summed E-state index contributed by atoms with van der Waals surface area (Å²) in [6.45, 7) is 5.63. The molecule has 0 spiro atoms. The minimum Gasteiger partial charge on any atom is -0.494 e. The molecule has 0 saturated carbocycles. The number of nitrogens with zero attached hydrogens (tertiary/aromatic N) is 2. The van der Waals surface area contributed by atoms with E-state index in [-0.39, 0.29) is 6.04 Å². The Kier molecular flexibility index (Phi) is 7.40. The third-order valence-corrected chi connectivity index (χ3v) is 7.58. The Bertz CT molecular complexity index is 1120. The third kappa shape index (κ3) is 5.85. The molecule has 2 aromatic carbocycles. The van der Waals surface area contributed by atoms with Crippen molar-refractivity contribution in [1.82, 2.24) is 14.6 Å². The van der Waals surface area contributed by atoms with Gasteiger partial charge in [-0.1, -0.05) is 29.8 Å². The number of aryl methyl sites for hydroxylation is 1. The first-order valence-electron chi connectivity index (χ1n) is 11.3. The third-order valence-electron chi connectivity index (χ3n) is 6.00. The van der Waals surface area contributed by atoms with Gasteiger partial charge in [-0.3, -0.25) is 4.98 Å². The number of nitrogens with one attached hydrogen (secondary N) is 1. The minimum atomic E-state index is -3.57. The molecule has 170 valence electrons. The quantitative estimate of drug-likeness (QED) is 0.493. The molecule has 1 aliphatic rings. The number of piperidine rings is 1. The molecular formula is C25H31N3O3S. The van der Waals surface area contributed by atoms with Crippen LogP contribution in [0.2, 0.25) is 0 Å². The van der Waals surface area contributed by atoms with Crippen molar-refractivity contribution in [3.8, 4) is 5.75 Å². The summed E-state index contributed by atoms with van der Waals surface area (Å²) in [4.78, 5) is 6.83. The van der Waals surface area contributed by atoms with E-state index in [4.69, 9.17) is 4.74 Å². The topological polar surface area (TPSA) is 71.5 Å². The highest BCUT2D eigenvalue weighted by molar-refractivity contribution is 7.89. The fourth-order valence-electron chi connectivity index (χ4n) is 4.15. The Morgan fingerprint density at radius 2 is 1.84 bits per heavy atom. The second-order valence-electron chi connectivity index (χ2n) is 8.46. The van der Waals surface area contributed by atoms with Crippen LogP contribution in [0.5, 0.6) is 5.75 Å². The van der Waals surface area contributed by atoms with Crippen molar-refractivity contribution >= 4 is 20.8 Å². The van der Waals surface area contributed by atoms with Crippen LogP contribution in [0.15, 0.2) is 65.8 Å². The van der Waals surface area contributed by atoms with Crippen molar-refractivity contribution in [2.75, 3.05) is 26.2 Å². The molecular weight excluding hydrogens is 422 g/mol. The highest BCUT2D eigenvalue weighted by Gasteiger charge is 2.25. The number of hydrogen-bond acceptors (Lipinski definition) is 5. The fourth-order valence-corrected chi connectivity index (χ4v) is 5.68. The van der Waals surface area contributed by atoms with Crippen molar-refractivity contribution in [2.24, 2.45) is 0 Å². The van der Waals surface area contributed by atoms with Crippen molar-refractivity contribution in [1.29, 1.82) is 0 Å². The first-order chi connectivity index (χ1) is 15.5. The molecule has 0 radical (unpaired) electrons. The second-order valence-corrected chi connectivity index (χ2v) is 10.1. The van der Waals surface area contributed by atoms with Gasteiger partial charge in [-0.05, 0) is 76.5 Å². The molecule has 0 unspecified atom stereocenters. The molecule has 1 saturated heterocycles. The van der Waals surface area contributed by atoms with Gasteiger partial charge in [-0.15, -0.1) is 0 Å². The number of benzene rings is 2. The SMILES string of the molecule is Cc1ccc(OCCCCN2CCC(NS(=O)(=O)c3cccc4cnccc34)CC2)cc1. The number of hydrogen-bond donors (Lipinski definition) is 1. The summed E-state index contributed by atoms with van der Waals surface area (Å²) >= 11 is 0. The van der Waals surface area contributed by atoms with Gasteiger partial charge in [0.15, 0.2) is 0 Å². The molecule has 0 bridgehead atoms. The predicted octanol–water partition coefficient (Wildman–Crippen LogP) is 4.15. The Balaban J connectivity index is 1.20. The number of ether oxygens (including phenoxy) is 1. The van der Waals surface area contributed by atoms with E-state index in [0.717, 1.165) is 63.1 Å². The highest BCUT2D eigenvalue weighted by Crippen LogP contribution is 2.23. The zero-order valence-corrected chi connectivity index (χ0v) is 19.4. The van der Waals surface area contributed by atoms with Gasteiger partial charge in [-0.25, -0.2) is 13.1 Å². The van der Waals surface area contributed by atoms with E-state index in [1.807, 2.05) is 18.2 Å². The molecule has 1 aromatic heterocycles. The van der Waals surface area contributed by atoms with E-state index < -0.39 is 10.0 Å². The smallest absolute Gasteiger partial charge is 0.241 e. The molecule has 1 fully saturated rings. The largest absolute Gasteiger partial charge is 0.494 e. The van der Waals surface area contributed by atoms with E-state index >= 15 is 0 Å². The predicted molar refractivity (Wildman–Crippen MR) is 127 cm³/mol. The van der Waals surface area contributed by atoms with Crippen molar-refractivity contribution in [3.05, 3.63) is 66.5 Å². The van der Waals surface area contributed by atoms with Gasteiger partial charge < -0.3 is 9.64 Å². The molecule has 6 nitrogen and oxygen atoms in total. The zero-order chi connectivity index (χ0) is 22.4. The van der Waals surface area contributed by atoms with Crippen LogP contribution in [-0.4, -0.2) is 50.6 Å². The van der Waals surface area contributed by atoms with E-state index in [0.29, 0.717) is 10.3 Å². The first-order valence-corrected chi connectivity index (χ1v) is 12.8. The lowest BCUT2D eigenvalue weighted by atomic mass is 10.1. The summed E-state index contributed by atoms with van der Waals surface area (Å²) in [7, 11) is -3.57. The van der Waals surface area contributed by atoms with Crippen LogP contribution in [0.1, 0.15) is 31.2 Å². The maximum atomic E-state index is 13.0. The van der Waals surface area contributed by atoms with Crippen LogP contribution >= 0.6 is 0 Å². The van der Waals surface area contributed by atoms with Gasteiger partial charge >= 0.3 is 0 Å². The van der Waals surface area contributed by atoms with Gasteiger partial charge in [0.25, 0.3) is 0 Å². The molecule has 7 heteroatoms. The minimum absolute atomic E-state index is 0.0294. The summed E-state index contributed by atoms with van der Waals surface area (Å²) in [5, 5.41) is 1.54. The number of aromatic nitrogens is 1. The lowest BCUT2D eigenvalue weighted by Gasteiger charge is -2.32. The second kappa shape index (κ2) is 10.4. The van der Waals surface area contributed by atoms with E-state index in [1.54, 1.807) is 30.6 Å². The molecule has 2 heterocycles. The summed E-state index contributed by atoms with van der Waals surface area (Å²) in [5.41, 5.74) is 1.23. The van der Waals surface area contributed by atoms with Gasteiger partial charge in [0.2, 0.25) is 10.0 Å². The summed E-state index contributed by atoms with van der Waals surface area (Å²) < 4.78 is 34.8. The van der Waals surface area contributed by atoms with E-state index in [9.17, 15) is 8.42 Å². The van der Waals surface area contributed by atoms with Crippen LogP contribution in [-0.2, 0) is 10.0 Å². The molecule has 3 aromatic rings. The standard InChI is InChI=1S/C25H31N3O3S/c1-20-7-9-23(10-8-20)31-18-3-2-15-28-16-12-22(13-17-28)27-32(29,30)25-6-4-5-21-19-26-14-11-24(21)25/h4-11,14,19,22,27H,2-3,12-13,15-18H2,1H3. The lowest BCUT2D eigenvalue weighted by Crippen LogP contribution is -2.44. The van der Waals surface area contributed by atoms with E-state index in [2.05, 4.69) is 33.7 Å². The summed E-state index contributed by atoms with van der Waals surface area (Å²) in [6, 6.07) is 15.2.